The molecule has 5 rings (SSSR count). The average Bonchev–Trinajstić information content (AvgIpc) is 3.00. The molecule has 0 bridgehead atoms. The van der Waals surface area contributed by atoms with Crippen LogP contribution in [0.4, 0.5) is 0 Å². The Labute approximate surface area is 140 Å². The molecule has 0 aliphatic rings. The highest BCUT2D eigenvalue weighted by molar-refractivity contribution is 6.14. The summed E-state index contributed by atoms with van der Waals surface area (Å²) in [6, 6.07) is 27.6. The van der Waals surface area contributed by atoms with Crippen LogP contribution < -0.4 is 0 Å². The zero-order chi connectivity index (χ0) is 16.1. The molecule has 0 fully saturated rings. The third-order valence-electron chi connectivity index (χ3n) is 4.78. The number of fused-ring (bicyclic) bond motifs is 4. The second-order valence-corrected chi connectivity index (χ2v) is 6.30. The Kier molecular flexibility index (Phi) is 2.77. The van der Waals surface area contributed by atoms with Crippen LogP contribution in [-0.2, 0) is 0 Å². The van der Waals surface area contributed by atoms with E-state index in [0.29, 0.717) is 0 Å². The van der Waals surface area contributed by atoms with Crippen molar-refractivity contribution < 1.29 is 4.42 Å². The van der Waals surface area contributed by atoms with Crippen molar-refractivity contribution in [3.63, 3.8) is 0 Å². The zero-order valence-corrected chi connectivity index (χ0v) is 13.4. The molecule has 0 N–H and O–H groups in total. The lowest BCUT2D eigenvalue weighted by atomic mass is 9.98. The van der Waals surface area contributed by atoms with E-state index >= 15 is 0 Å². The van der Waals surface area contributed by atoms with Crippen molar-refractivity contribution in [2.45, 2.75) is 6.92 Å². The molecular weight excluding hydrogens is 292 g/mol. The number of aryl methyl sites for hydroxylation is 1. The van der Waals surface area contributed by atoms with Crippen LogP contribution >= 0.6 is 0 Å². The Balaban J connectivity index is 1.94. The molecule has 1 heteroatoms. The van der Waals surface area contributed by atoms with Crippen LogP contribution in [0.3, 0.4) is 0 Å². The van der Waals surface area contributed by atoms with Gasteiger partial charge in [-0.3, -0.25) is 0 Å². The standard InChI is InChI=1S/C23H16O/c1-15-11-12-19(16-7-3-2-4-8-16)23-22(15)20-13-17-9-5-6-10-18(17)14-21(20)24-23/h2-14H,1H3. The van der Waals surface area contributed by atoms with Gasteiger partial charge in [-0.25, -0.2) is 0 Å². The summed E-state index contributed by atoms with van der Waals surface area (Å²) in [5.74, 6) is 0. The molecule has 1 aromatic heterocycles. The topological polar surface area (TPSA) is 13.1 Å². The van der Waals surface area contributed by atoms with E-state index < -0.39 is 0 Å². The summed E-state index contributed by atoms with van der Waals surface area (Å²) in [4.78, 5) is 0. The fourth-order valence-corrected chi connectivity index (χ4v) is 3.58. The first-order valence-corrected chi connectivity index (χ1v) is 8.21. The molecule has 0 unspecified atom stereocenters. The minimum atomic E-state index is 0.954. The smallest absolute Gasteiger partial charge is 0.143 e. The minimum absolute atomic E-state index is 0.954. The molecule has 1 heterocycles. The lowest BCUT2D eigenvalue weighted by Gasteiger charge is -2.04. The van der Waals surface area contributed by atoms with Crippen LogP contribution in [0.25, 0.3) is 43.8 Å². The first kappa shape index (κ1) is 13.4. The fourth-order valence-electron chi connectivity index (χ4n) is 3.58. The van der Waals surface area contributed by atoms with Crippen molar-refractivity contribution in [1.82, 2.24) is 0 Å². The summed E-state index contributed by atoms with van der Waals surface area (Å²) in [5, 5.41) is 4.87. The van der Waals surface area contributed by atoms with Gasteiger partial charge in [0.25, 0.3) is 0 Å². The number of hydrogen-bond acceptors (Lipinski definition) is 1. The normalized spacial score (nSPS) is 11.5. The molecule has 0 spiro atoms. The second kappa shape index (κ2) is 4.97. The monoisotopic (exact) mass is 308 g/mol. The molecule has 24 heavy (non-hydrogen) atoms. The van der Waals surface area contributed by atoms with Gasteiger partial charge < -0.3 is 4.42 Å². The maximum atomic E-state index is 6.33. The Morgan fingerprint density at radius 1 is 0.708 bits per heavy atom. The van der Waals surface area contributed by atoms with Crippen molar-refractivity contribution in [2.24, 2.45) is 0 Å². The molecule has 0 aliphatic carbocycles. The van der Waals surface area contributed by atoms with Crippen LogP contribution in [0.15, 0.2) is 83.3 Å². The molecule has 0 atom stereocenters. The SMILES string of the molecule is Cc1ccc(-c2ccccc2)c2oc3cc4ccccc4cc3c12. The zero-order valence-electron chi connectivity index (χ0n) is 13.4. The highest BCUT2D eigenvalue weighted by Gasteiger charge is 2.14. The minimum Gasteiger partial charge on any atom is -0.455 e. The third-order valence-corrected chi connectivity index (χ3v) is 4.78. The van der Waals surface area contributed by atoms with Crippen molar-refractivity contribution in [1.29, 1.82) is 0 Å². The van der Waals surface area contributed by atoms with Gasteiger partial charge in [-0.05, 0) is 41.0 Å². The highest BCUT2D eigenvalue weighted by atomic mass is 16.3. The van der Waals surface area contributed by atoms with Crippen LogP contribution in [0.5, 0.6) is 0 Å². The lowest BCUT2D eigenvalue weighted by Crippen LogP contribution is -1.81. The summed E-state index contributed by atoms with van der Waals surface area (Å²) in [6.45, 7) is 2.15. The van der Waals surface area contributed by atoms with Crippen LogP contribution in [0, 0.1) is 6.92 Å². The Morgan fingerprint density at radius 2 is 1.42 bits per heavy atom. The van der Waals surface area contributed by atoms with Crippen LogP contribution in [0.2, 0.25) is 0 Å². The quantitative estimate of drug-likeness (QED) is 0.335. The summed E-state index contributed by atoms with van der Waals surface area (Å²) in [5.41, 5.74) is 5.52. The van der Waals surface area contributed by atoms with E-state index in [2.05, 4.69) is 79.7 Å². The predicted molar refractivity (Wildman–Crippen MR) is 101 cm³/mol. The van der Waals surface area contributed by atoms with Gasteiger partial charge in [0.15, 0.2) is 0 Å². The Morgan fingerprint density at radius 3 is 2.21 bits per heavy atom. The molecule has 0 saturated carbocycles. The summed E-state index contributed by atoms with van der Waals surface area (Å²) < 4.78 is 6.33. The number of hydrogen-bond donors (Lipinski definition) is 0. The van der Waals surface area contributed by atoms with E-state index in [0.717, 1.165) is 16.7 Å². The third kappa shape index (κ3) is 1.88. The molecular formula is C23H16O. The first-order valence-electron chi connectivity index (χ1n) is 8.21. The van der Waals surface area contributed by atoms with E-state index in [-0.39, 0.29) is 0 Å². The molecule has 0 radical (unpaired) electrons. The van der Waals surface area contributed by atoms with Gasteiger partial charge in [-0.2, -0.15) is 0 Å². The highest BCUT2D eigenvalue weighted by Crippen LogP contribution is 2.39. The van der Waals surface area contributed by atoms with Crippen LogP contribution in [0.1, 0.15) is 5.56 Å². The molecule has 5 aromatic rings. The predicted octanol–water partition coefficient (Wildman–Crippen LogP) is 6.71. The van der Waals surface area contributed by atoms with Gasteiger partial charge in [0, 0.05) is 16.3 Å². The lowest BCUT2D eigenvalue weighted by molar-refractivity contribution is 0.670. The van der Waals surface area contributed by atoms with Crippen molar-refractivity contribution in [3.05, 3.63) is 84.4 Å². The molecule has 0 aliphatic heterocycles. The average molecular weight is 308 g/mol. The maximum absolute atomic E-state index is 6.33. The summed E-state index contributed by atoms with van der Waals surface area (Å²) in [6.07, 6.45) is 0. The molecule has 4 aromatic carbocycles. The van der Waals surface area contributed by atoms with Gasteiger partial charge in [0.2, 0.25) is 0 Å². The summed E-state index contributed by atoms with van der Waals surface area (Å²) >= 11 is 0. The van der Waals surface area contributed by atoms with E-state index in [1.54, 1.807) is 0 Å². The van der Waals surface area contributed by atoms with E-state index in [1.165, 1.54) is 32.7 Å². The van der Waals surface area contributed by atoms with Crippen molar-refractivity contribution in [2.75, 3.05) is 0 Å². The van der Waals surface area contributed by atoms with Crippen LogP contribution in [-0.4, -0.2) is 0 Å². The molecule has 0 saturated heterocycles. The Bertz CT molecular complexity index is 1200. The van der Waals surface area contributed by atoms with Crippen molar-refractivity contribution in [3.8, 4) is 11.1 Å². The molecule has 0 amide bonds. The summed E-state index contributed by atoms with van der Waals surface area (Å²) in [7, 11) is 0. The van der Waals surface area contributed by atoms with E-state index in [1.807, 2.05) is 6.07 Å². The number of rotatable bonds is 1. The molecule has 1 nitrogen and oxygen atoms in total. The van der Waals surface area contributed by atoms with Crippen molar-refractivity contribution >= 4 is 32.7 Å². The maximum Gasteiger partial charge on any atom is 0.143 e. The van der Waals surface area contributed by atoms with Gasteiger partial charge in [0.05, 0.1) is 0 Å². The molecule has 114 valence electrons. The largest absolute Gasteiger partial charge is 0.455 e. The van der Waals surface area contributed by atoms with Gasteiger partial charge in [-0.1, -0.05) is 66.7 Å². The fraction of sp³-hybridized carbons (Fsp3) is 0.0435. The number of furan rings is 1. The van der Waals surface area contributed by atoms with E-state index in [4.69, 9.17) is 4.42 Å². The number of benzene rings is 4. The first-order chi connectivity index (χ1) is 11.8. The van der Waals surface area contributed by atoms with E-state index in [9.17, 15) is 0 Å². The van der Waals surface area contributed by atoms with Gasteiger partial charge >= 0.3 is 0 Å². The van der Waals surface area contributed by atoms with Gasteiger partial charge in [-0.15, -0.1) is 0 Å². The Hall–Kier alpha value is -3.06. The van der Waals surface area contributed by atoms with Gasteiger partial charge in [0.1, 0.15) is 11.2 Å². The second-order valence-electron chi connectivity index (χ2n) is 6.30.